The van der Waals surface area contributed by atoms with Crippen LogP contribution < -0.4 is 4.90 Å². The quantitative estimate of drug-likeness (QED) is 0.797. The van der Waals surface area contributed by atoms with E-state index in [0.717, 1.165) is 25.0 Å². The van der Waals surface area contributed by atoms with E-state index < -0.39 is 23.3 Å². The molecule has 0 N–H and O–H groups in total. The summed E-state index contributed by atoms with van der Waals surface area (Å²) in [5.74, 6) is -3.70. The summed E-state index contributed by atoms with van der Waals surface area (Å²) in [6.07, 6.45) is 2.54. The molecule has 106 valence electrons. The minimum atomic E-state index is -1.12. The largest absolute Gasteiger partial charge is 0.378 e. The Hall–Kier alpha value is -1.82. The first kappa shape index (κ1) is 13.2. The maximum Gasteiger partial charge on any atom is 0.299 e. The number of anilines is 1. The zero-order chi connectivity index (χ0) is 14.3. The van der Waals surface area contributed by atoms with E-state index >= 15 is 0 Å². The molecular weight excluding hydrogens is 268 g/mol. The molecule has 3 rings (SSSR count). The van der Waals surface area contributed by atoms with Gasteiger partial charge in [0.15, 0.2) is 11.6 Å². The summed E-state index contributed by atoms with van der Waals surface area (Å²) in [5, 5.41) is 0. The van der Waals surface area contributed by atoms with Crippen molar-refractivity contribution in [3.8, 4) is 0 Å². The molecule has 2 aliphatic rings. The molecule has 0 aromatic heterocycles. The van der Waals surface area contributed by atoms with Crippen molar-refractivity contribution in [2.75, 3.05) is 18.1 Å². The average Bonchev–Trinajstić information content (AvgIpc) is 3.00. The lowest BCUT2D eigenvalue weighted by molar-refractivity contribution is -0.114. The molecule has 2 aliphatic heterocycles. The standard InChI is InChI=1S/C14H13F2NO3/c15-10-6-9-12(7-11(10)16)17(14(19)13(9)18)4-3-8-2-1-5-20-8/h6-8H,1-5H2. The molecule has 0 saturated carbocycles. The number of rotatable bonds is 3. The number of carbonyl (C=O) groups excluding carboxylic acids is 2. The van der Waals surface area contributed by atoms with Crippen LogP contribution in [0.5, 0.6) is 0 Å². The number of carbonyl (C=O) groups is 2. The Morgan fingerprint density at radius 2 is 2.00 bits per heavy atom. The van der Waals surface area contributed by atoms with Crippen LogP contribution >= 0.6 is 0 Å². The molecule has 1 aromatic rings. The van der Waals surface area contributed by atoms with E-state index in [-0.39, 0.29) is 23.9 Å². The predicted octanol–water partition coefficient (Wildman–Crippen LogP) is 2.06. The van der Waals surface area contributed by atoms with Crippen LogP contribution in [0.15, 0.2) is 12.1 Å². The normalized spacial score (nSPS) is 21.7. The summed E-state index contributed by atoms with van der Waals surface area (Å²) >= 11 is 0. The molecule has 1 atom stereocenters. The lowest BCUT2D eigenvalue weighted by Gasteiger charge is -2.18. The van der Waals surface area contributed by atoms with E-state index in [2.05, 4.69) is 0 Å². The van der Waals surface area contributed by atoms with Crippen molar-refractivity contribution >= 4 is 17.4 Å². The van der Waals surface area contributed by atoms with Crippen LogP contribution in [0.3, 0.4) is 0 Å². The number of Topliss-reactive ketones (excluding diaryl/α,β-unsaturated/α-hetero) is 1. The molecule has 20 heavy (non-hydrogen) atoms. The van der Waals surface area contributed by atoms with Crippen molar-refractivity contribution in [2.45, 2.75) is 25.4 Å². The number of ketones is 1. The Kier molecular flexibility index (Phi) is 3.25. The number of hydrogen-bond acceptors (Lipinski definition) is 3. The second kappa shape index (κ2) is 4.94. The van der Waals surface area contributed by atoms with Crippen molar-refractivity contribution in [1.29, 1.82) is 0 Å². The van der Waals surface area contributed by atoms with Gasteiger partial charge in [-0.05, 0) is 25.3 Å². The minimum Gasteiger partial charge on any atom is -0.378 e. The molecule has 0 radical (unpaired) electrons. The molecule has 2 heterocycles. The lowest BCUT2D eigenvalue weighted by atomic mass is 10.1. The molecule has 1 aromatic carbocycles. The topological polar surface area (TPSA) is 46.6 Å². The zero-order valence-electron chi connectivity index (χ0n) is 10.7. The first-order chi connectivity index (χ1) is 9.58. The van der Waals surface area contributed by atoms with Gasteiger partial charge in [-0.1, -0.05) is 0 Å². The first-order valence-electron chi connectivity index (χ1n) is 6.55. The summed E-state index contributed by atoms with van der Waals surface area (Å²) < 4.78 is 31.9. The van der Waals surface area contributed by atoms with E-state index in [0.29, 0.717) is 13.0 Å². The lowest BCUT2D eigenvalue weighted by Crippen LogP contribution is -2.32. The van der Waals surface area contributed by atoms with Gasteiger partial charge in [0.25, 0.3) is 11.7 Å². The highest BCUT2D eigenvalue weighted by atomic mass is 19.2. The molecular formula is C14H13F2NO3. The van der Waals surface area contributed by atoms with Gasteiger partial charge in [-0.15, -0.1) is 0 Å². The molecule has 0 spiro atoms. The molecule has 0 aliphatic carbocycles. The number of nitrogens with zero attached hydrogens (tertiary/aromatic N) is 1. The predicted molar refractivity (Wildman–Crippen MR) is 66.6 cm³/mol. The molecule has 0 bridgehead atoms. The Balaban J connectivity index is 1.83. The van der Waals surface area contributed by atoms with Gasteiger partial charge in [0.1, 0.15) is 0 Å². The highest BCUT2D eigenvalue weighted by Crippen LogP contribution is 2.31. The number of benzene rings is 1. The highest BCUT2D eigenvalue weighted by Gasteiger charge is 2.37. The van der Waals surface area contributed by atoms with E-state index in [4.69, 9.17) is 4.74 Å². The number of fused-ring (bicyclic) bond motifs is 1. The van der Waals surface area contributed by atoms with Gasteiger partial charge in [-0.2, -0.15) is 0 Å². The number of halogens is 2. The van der Waals surface area contributed by atoms with Crippen molar-refractivity contribution in [1.82, 2.24) is 0 Å². The SMILES string of the molecule is O=C1C(=O)N(CCC2CCCO2)c2cc(F)c(F)cc21. The summed E-state index contributed by atoms with van der Waals surface area (Å²) in [5.41, 5.74) is 0.0816. The van der Waals surface area contributed by atoms with E-state index in [9.17, 15) is 18.4 Å². The van der Waals surface area contributed by atoms with Gasteiger partial charge in [-0.25, -0.2) is 8.78 Å². The minimum absolute atomic E-state index is 0.0623. The Bertz CT molecular complexity index is 582. The van der Waals surface area contributed by atoms with Gasteiger partial charge < -0.3 is 9.64 Å². The monoisotopic (exact) mass is 281 g/mol. The third-order valence-corrected chi connectivity index (χ3v) is 3.71. The van der Waals surface area contributed by atoms with Crippen LogP contribution in [0.25, 0.3) is 0 Å². The summed E-state index contributed by atoms with van der Waals surface area (Å²) in [4.78, 5) is 24.8. The average molecular weight is 281 g/mol. The van der Waals surface area contributed by atoms with E-state index in [1.807, 2.05) is 0 Å². The number of hydrogen-bond donors (Lipinski definition) is 0. The van der Waals surface area contributed by atoms with Crippen LogP contribution in [0, 0.1) is 11.6 Å². The summed E-state index contributed by atoms with van der Waals surface area (Å²) in [6.45, 7) is 0.973. The van der Waals surface area contributed by atoms with Crippen LogP contribution in [-0.2, 0) is 9.53 Å². The molecule has 1 amide bonds. The third kappa shape index (κ3) is 2.10. The van der Waals surface area contributed by atoms with Crippen molar-refractivity contribution in [3.63, 3.8) is 0 Å². The zero-order valence-corrected chi connectivity index (χ0v) is 10.7. The highest BCUT2D eigenvalue weighted by molar-refractivity contribution is 6.52. The van der Waals surface area contributed by atoms with Crippen molar-refractivity contribution < 1.29 is 23.1 Å². The molecule has 6 heteroatoms. The van der Waals surface area contributed by atoms with Gasteiger partial charge in [0.05, 0.1) is 17.4 Å². The molecule has 1 unspecified atom stereocenters. The molecule has 1 fully saturated rings. The first-order valence-corrected chi connectivity index (χ1v) is 6.55. The fourth-order valence-electron chi connectivity index (χ4n) is 2.66. The second-order valence-corrected chi connectivity index (χ2v) is 4.99. The van der Waals surface area contributed by atoms with Crippen molar-refractivity contribution in [3.05, 3.63) is 29.3 Å². The molecule has 1 saturated heterocycles. The van der Waals surface area contributed by atoms with Crippen LogP contribution in [0.1, 0.15) is 29.6 Å². The molecule has 4 nitrogen and oxygen atoms in total. The maximum absolute atomic E-state index is 13.3. The van der Waals surface area contributed by atoms with Gasteiger partial charge >= 0.3 is 0 Å². The Morgan fingerprint density at radius 1 is 1.25 bits per heavy atom. The van der Waals surface area contributed by atoms with Gasteiger partial charge in [0, 0.05) is 19.2 Å². The van der Waals surface area contributed by atoms with E-state index in [1.165, 1.54) is 4.90 Å². The van der Waals surface area contributed by atoms with Crippen LogP contribution in [0.2, 0.25) is 0 Å². The van der Waals surface area contributed by atoms with Gasteiger partial charge in [-0.3, -0.25) is 9.59 Å². The summed E-state index contributed by atoms with van der Waals surface area (Å²) in [6, 6.07) is 1.69. The van der Waals surface area contributed by atoms with Crippen molar-refractivity contribution in [2.24, 2.45) is 0 Å². The third-order valence-electron chi connectivity index (χ3n) is 3.71. The summed E-state index contributed by atoms with van der Waals surface area (Å²) in [7, 11) is 0. The van der Waals surface area contributed by atoms with E-state index in [1.54, 1.807) is 0 Å². The smallest absolute Gasteiger partial charge is 0.299 e. The van der Waals surface area contributed by atoms with Gasteiger partial charge in [0.2, 0.25) is 0 Å². The second-order valence-electron chi connectivity index (χ2n) is 4.99. The Morgan fingerprint density at radius 3 is 2.70 bits per heavy atom. The van der Waals surface area contributed by atoms with Crippen LogP contribution in [-0.4, -0.2) is 30.9 Å². The number of ether oxygens (including phenoxy) is 1. The number of amides is 1. The fourth-order valence-corrected chi connectivity index (χ4v) is 2.66. The fraction of sp³-hybridized carbons (Fsp3) is 0.429. The van der Waals surface area contributed by atoms with Crippen LogP contribution in [0.4, 0.5) is 14.5 Å². The Labute approximate surface area is 114 Å². The maximum atomic E-state index is 13.3.